The molecule has 0 aliphatic heterocycles. The van der Waals surface area contributed by atoms with Gasteiger partial charge in [-0.15, -0.1) is 0 Å². The molecule has 0 spiro atoms. The summed E-state index contributed by atoms with van der Waals surface area (Å²) in [5.74, 6) is 0.421. The number of Topliss-reactive ketones (excluding diaryl/α,β-unsaturated/α-hetero) is 1. The number of carbonyl (C=O) groups excluding carboxylic acids is 1. The Bertz CT molecular complexity index is 671. The fourth-order valence-corrected chi connectivity index (χ4v) is 2.12. The quantitative estimate of drug-likeness (QED) is 0.733. The lowest BCUT2D eigenvalue weighted by atomic mass is 10.0. The Hall–Kier alpha value is -2.47. The van der Waals surface area contributed by atoms with Crippen LogP contribution in [0.4, 0.5) is 5.95 Å². The molecule has 116 valence electrons. The molecule has 6 heteroatoms. The Labute approximate surface area is 128 Å². The van der Waals surface area contributed by atoms with E-state index < -0.39 is 6.10 Å². The molecular weight excluding hydrogens is 282 g/mol. The van der Waals surface area contributed by atoms with Crippen LogP contribution in [-0.2, 0) is 0 Å². The summed E-state index contributed by atoms with van der Waals surface area (Å²) in [6.07, 6.45) is 0.698. The Kier molecular flexibility index (Phi) is 4.72. The van der Waals surface area contributed by atoms with E-state index in [2.05, 4.69) is 15.3 Å². The van der Waals surface area contributed by atoms with Gasteiger partial charge in [0.15, 0.2) is 5.78 Å². The molecule has 0 radical (unpaired) electrons. The molecule has 3 N–H and O–H groups in total. The predicted molar refractivity (Wildman–Crippen MR) is 82.9 cm³/mol. The number of ketones is 1. The van der Waals surface area contributed by atoms with Crippen molar-refractivity contribution in [1.82, 2.24) is 9.97 Å². The van der Waals surface area contributed by atoms with Crippen molar-refractivity contribution in [3.05, 3.63) is 47.3 Å². The number of aliphatic hydroxyl groups excluding tert-OH is 1. The monoisotopic (exact) mass is 301 g/mol. The Balaban J connectivity index is 2.11. The summed E-state index contributed by atoms with van der Waals surface area (Å²) < 4.78 is 0. The maximum Gasteiger partial charge on any atom is 0.223 e. The van der Waals surface area contributed by atoms with E-state index in [1.807, 2.05) is 0 Å². The SMILES string of the molecule is CC(=O)c1cnc(N[C@@H](C)[C@H](O)c2ccc(O)cc2)nc1C. The van der Waals surface area contributed by atoms with Crippen molar-refractivity contribution in [3.63, 3.8) is 0 Å². The van der Waals surface area contributed by atoms with E-state index in [4.69, 9.17) is 0 Å². The van der Waals surface area contributed by atoms with E-state index in [0.29, 0.717) is 22.8 Å². The first-order valence-corrected chi connectivity index (χ1v) is 6.96. The third-order valence-electron chi connectivity index (χ3n) is 3.42. The molecule has 1 aromatic heterocycles. The Morgan fingerprint density at radius 3 is 2.45 bits per heavy atom. The molecule has 0 fully saturated rings. The molecule has 2 rings (SSSR count). The van der Waals surface area contributed by atoms with Gasteiger partial charge in [0.25, 0.3) is 0 Å². The van der Waals surface area contributed by atoms with Gasteiger partial charge in [-0.25, -0.2) is 9.97 Å². The third kappa shape index (κ3) is 3.59. The van der Waals surface area contributed by atoms with Crippen LogP contribution < -0.4 is 5.32 Å². The number of hydrogen-bond acceptors (Lipinski definition) is 6. The van der Waals surface area contributed by atoms with E-state index in [0.717, 1.165) is 0 Å². The topological polar surface area (TPSA) is 95.3 Å². The van der Waals surface area contributed by atoms with Crippen LogP contribution in [0.3, 0.4) is 0 Å². The summed E-state index contributed by atoms with van der Waals surface area (Å²) in [6, 6.07) is 6.01. The Morgan fingerprint density at radius 2 is 1.91 bits per heavy atom. The summed E-state index contributed by atoms with van der Waals surface area (Å²) >= 11 is 0. The van der Waals surface area contributed by atoms with Crippen molar-refractivity contribution >= 4 is 11.7 Å². The normalized spacial score (nSPS) is 13.5. The van der Waals surface area contributed by atoms with Crippen molar-refractivity contribution in [3.8, 4) is 5.75 Å². The summed E-state index contributed by atoms with van der Waals surface area (Å²) in [5.41, 5.74) is 1.75. The third-order valence-corrected chi connectivity index (χ3v) is 3.42. The molecule has 0 saturated carbocycles. The number of carbonyl (C=O) groups is 1. The van der Waals surface area contributed by atoms with Crippen molar-refractivity contribution < 1.29 is 15.0 Å². The standard InChI is InChI=1S/C16H19N3O3/c1-9-14(11(3)20)8-17-16(18-9)19-10(2)15(22)12-4-6-13(21)7-5-12/h4-8,10,15,21-22H,1-3H3,(H,17,18,19)/t10-,15-/m0/s1. The molecule has 2 aromatic rings. The summed E-state index contributed by atoms with van der Waals surface area (Å²) in [5, 5.41) is 22.6. The number of phenols is 1. The molecule has 0 aliphatic carbocycles. The first-order valence-electron chi connectivity index (χ1n) is 6.96. The van der Waals surface area contributed by atoms with Crippen molar-refractivity contribution in [2.24, 2.45) is 0 Å². The van der Waals surface area contributed by atoms with E-state index in [1.165, 1.54) is 25.3 Å². The molecular formula is C16H19N3O3. The fraction of sp³-hybridized carbons (Fsp3) is 0.312. The summed E-state index contributed by atoms with van der Waals surface area (Å²) in [7, 11) is 0. The number of aryl methyl sites for hydroxylation is 1. The van der Waals surface area contributed by atoms with Gasteiger partial charge in [0, 0.05) is 6.20 Å². The number of nitrogens with zero attached hydrogens (tertiary/aromatic N) is 2. The highest BCUT2D eigenvalue weighted by Crippen LogP contribution is 2.21. The van der Waals surface area contributed by atoms with E-state index in [-0.39, 0.29) is 17.6 Å². The van der Waals surface area contributed by atoms with Crippen LogP contribution in [0.5, 0.6) is 5.75 Å². The van der Waals surface area contributed by atoms with Crippen LogP contribution in [-0.4, -0.2) is 32.0 Å². The van der Waals surface area contributed by atoms with Gasteiger partial charge in [-0.05, 0) is 38.5 Å². The summed E-state index contributed by atoms with van der Waals surface area (Å²) in [6.45, 7) is 5.01. The second-order valence-corrected chi connectivity index (χ2v) is 5.22. The molecule has 1 aromatic carbocycles. The highest BCUT2D eigenvalue weighted by molar-refractivity contribution is 5.94. The van der Waals surface area contributed by atoms with Crippen LogP contribution >= 0.6 is 0 Å². The number of rotatable bonds is 5. The highest BCUT2D eigenvalue weighted by atomic mass is 16.3. The molecule has 1 heterocycles. The van der Waals surface area contributed by atoms with Crippen molar-refractivity contribution in [1.29, 1.82) is 0 Å². The molecule has 0 unspecified atom stereocenters. The number of anilines is 1. The van der Waals surface area contributed by atoms with E-state index in [9.17, 15) is 15.0 Å². The van der Waals surface area contributed by atoms with Crippen molar-refractivity contribution in [2.45, 2.75) is 32.9 Å². The Morgan fingerprint density at radius 1 is 1.27 bits per heavy atom. The minimum atomic E-state index is -0.781. The van der Waals surface area contributed by atoms with Crippen LogP contribution in [0, 0.1) is 6.92 Å². The molecule has 0 saturated heterocycles. The van der Waals surface area contributed by atoms with Crippen LogP contribution in [0.1, 0.15) is 41.6 Å². The lowest BCUT2D eigenvalue weighted by molar-refractivity contribution is 0.101. The zero-order valence-electron chi connectivity index (χ0n) is 12.7. The second kappa shape index (κ2) is 6.53. The second-order valence-electron chi connectivity index (χ2n) is 5.22. The molecule has 0 amide bonds. The number of aliphatic hydroxyl groups is 1. The maximum atomic E-state index is 11.4. The highest BCUT2D eigenvalue weighted by Gasteiger charge is 2.18. The average molecular weight is 301 g/mol. The van der Waals surface area contributed by atoms with Gasteiger partial charge >= 0.3 is 0 Å². The maximum absolute atomic E-state index is 11.4. The number of benzene rings is 1. The van der Waals surface area contributed by atoms with Gasteiger partial charge < -0.3 is 15.5 Å². The molecule has 0 bridgehead atoms. The minimum Gasteiger partial charge on any atom is -0.508 e. The number of aromatic hydroxyl groups is 1. The zero-order chi connectivity index (χ0) is 16.3. The van der Waals surface area contributed by atoms with Gasteiger partial charge in [0.2, 0.25) is 5.95 Å². The lowest BCUT2D eigenvalue weighted by Gasteiger charge is -2.21. The smallest absolute Gasteiger partial charge is 0.223 e. The van der Waals surface area contributed by atoms with Gasteiger partial charge in [0.1, 0.15) is 5.75 Å². The van der Waals surface area contributed by atoms with E-state index in [1.54, 1.807) is 26.0 Å². The first kappa shape index (κ1) is 15.9. The fourth-order valence-electron chi connectivity index (χ4n) is 2.12. The van der Waals surface area contributed by atoms with Gasteiger partial charge in [-0.1, -0.05) is 12.1 Å². The number of hydrogen-bond donors (Lipinski definition) is 3. The summed E-state index contributed by atoms with van der Waals surface area (Å²) in [4.78, 5) is 19.7. The molecule has 22 heavy (non-hydrogen) atoms. The molecule has 6 nitrogen and oxygen atoms in total. The van der Waals surface area contributed by atoms with Gasteiger partial charge in [-0.2, -0.15) is 0 Å². The van der Waals surface area contributed by atoms with Crippen LogP contribution in [0.15, 0.2) is 30.5 Å². The van der Waals surface area contributed by atoms with Crippen LogP contribution in [0.25, 0.3) is 0 Å². The van der Waals surface area contributed by atoms with E-state index >= 15 is 0 Å². The van der Waals surface area contributed by atoms with Crippen molar-refractivity contribution in [2.75, 3.05) is 5.32 Å². The number of nitrogens with one attached hydrogen (secondary N) is 1. The van der Waals surface area contributed by atoms with Gasteiger partial charge in [-0.3, -0.25) is 4.79 Å². The minimum absolute atomic E-state index is 0.0822. The van der Waals surface area contributed by atoms with Gasteiger partial charge in [0.05, 0.1) is 23.4 Å². The largest absolute Gasteiger partial charge is 0.508 e. The zero-order valence-corrected chi connectivity index (χ0v) is 12.7. The predicted octanol–water partition coefficient (Wildman–Crippen LogP) is 2.23. The lowest BCUT2D eigenvalue weighted by Crippen LogP contribution is -2.25. The number of aromatic nitrogens is 2. The average Bonchev–Trinajstić information content (AvgIpc) is 2.47. The first-order chi connectivity index (χ1) is 10.4. The molecule has 0 aliphatic rings. The molecule has 2 atom stereocenters. The number of phenolic OH excluding ortho intramolecular Hbond substituents is 1. The van der Waals surface area contributed by atoms with Crippen LogP contribution in [0.2, 0.25) is 0 Å².